The number of carbonyl (C=O) groups is 1. The Balaban J connectivity index is 2.84. The van der Waals surface area contributed by atoms with Crippen LogP contribution in [0, 0.1) is 5.41 Å². The van der Waals surface area contributed by atoms with E-state index < -0.39 is 6.04 Å². The van der Waals surface area contributed by atoms with Gasteiger partial charge in [0.25, 0.3) is 0 Å². The summed E-state index contributed by atoms with van der Waals surface area (Å²) >= 11 is 0. The Morgan fingerprint density at radius 3 is 2.50 bits per heavy atom. The van der Waals surface area contributed by atoms with Gasteiger partial charge in [-0.2, -0.15) is 0 Å². The highest BCUT2D eigenvalue weighted by molar-refractivity contribution is 5.82. The van der Waals surface area contributed by atoms with E-state index in [0.717, 1.165) is 26.2 Å². The summed E-state index contributed by atoms with van der Waals surface area (Å²) in [5.74, 6) is 0.0295. The van der Waals surface area contributed by atoms with Gasteiger partial charge in [-0.1, -0.05) is 13.8 Å². The molecule has 1 amide bonds. The third kappa shape index (κ3) is 3.93. The molecule has 1 aliphatic heterocycles. The maximum atomic E-state index is 12.2. The van der Waals surface area contributed by atoms with Crippen LogP contribution in [0.1, 0.15) is 13.8 Å². The summed E-state index contributed by atoms with van der Waals surface area (Å²) in [7, 11) is 5.86. The number of aliphatic hydroxyl groups is 1. The molecule has 0 spiro atoms. The molecule has 0 radical (unpaired) electrons. The van der Waals surface area contributed by atoms with Crippen LogP contribution in [-0.2, 0) is 4.79 Å². The van der Waals surface area contributed by atoms with Crippen LogP contribution in [0.3, 0.4) is 0 Å². The summed E-state index contributed by atoms with van der Waals surface area (Å²) in [4.78, 5) is 18.2. The van der Waals surface area contributed by atoms with Crippen molar-refractivity contribution in [2.45, 2.75) is 19.9 Å². The number of likely N-dealkylation sites (N-methyl/N-ethyl adjacent to an activating group) is 2. The number of aliphatic hydroxyl groups excluding tert-OH is 1. The van der Waals surface area contributed by atoms with Crippen molar-refractivity contribution in [1.29, 1.82) is 0 Å². The van der Waals surface area contributed by atoms with Crippen LogP contribution in [-0.4, -0.2) is 85.7 Å². The second-order valence-corrected chi connectivity index (χ2v) is 6.33. The molecule has 1 saturated heterocycles. The lowest BCUT2D eigenvalue weighted by atomic mass is 9.92. The third-order valence-corrected chi connectivity index (χ3v) is 3.41. The molecule has 1 unspecified atom stereocenters. The molecule has 1 rings (SSSR count). The van der Waals surface area contributed by atoms with E-state index in [-0.39, 0.29) is 17.9 Å². The van der Waals surface area contributed by atoms with Crippen molar-refractivity contribution in [3.05, 3.63) is 0 Å². The molecule has 5 nitrogen and oxygen atoms in total. The summed E-state index contributed by atoms with van der Waals surface area (Å²) in [5, 5.41) is 9.51. The van der Waals surface area contributed by atoms with E-state index >= 15 is 0 Å². The molecule has 1 atom stereocenters. The molecule has 1 N–H and O–H groups in total. The van der Waals surface area contributed by atoms with Gasteiger partial charge in [-0.15, -0.1) is 0 Å². The minimum atomic E-state index is -0.392. The Kier molecular flexibility index (Phi) is 5.13. The lowest BCUT2D eigenvalue weighted by Crippen LogP contribution is -2.49. The molecule has 0 aromatic rings. The van der Waals surface area contributed by atoms with E-state index in [1.807, 2.05) is 21.1 Å². The Bertz CT molecular complexity index is 292. The highest BCUT2D eigenvalue weighted by Gasteiger charge is 2.37. The zero-order valence-corrected chi connectivity index (χ0v) is 12.3. The van der Waals surface area contributed by atoms with Crippen LogP contribution in [0.25, 0.3) is 0 Å². The molecule has 0 bridgehead atoms. The van der Waals surface area contributed by atoms with Crippen molar-refractivity contribution in [3.63, 3.8) is 0 Å². The van der Waals surface area contributed by atoms with Gasteiger partial charge in [0.15, 0.2) is 0 Å². The van der Waals surface area contributed by atoms with Crippen molar-refractivity contribution < 1.29 is 9.90 Å². The van der Waals surface area contributed by atoms with E-state index in [2.05, 4.69) is 23.6 Å². The highest BCUT2D eigenvalue weighted by atomic mass is 16.3. The van der Waals surface area contributed by atoms with E-state index in [9.17, 15) is 9.90 Å². The second-order valence-electron chi connectivity index (χ2n) is 6.33. The number of rotatable bonds is 4. The summed E-state index contributed by atoms with van der Waals surface area (Å²) < 4.78 is 0. The van der Waals surface area contributed by atoms with Crippen LogP contribution in [0.5, 0.6) is 0 Å². The third-order valence-electron chi connectivity index (χ3n) is 3.41. The first-order valence-corrected chi connectivity index (χ1v) is 6.51. The minimum absolute atomic E-state index is 0.0295. The molecular weight excluding hydrogens is 230 g/mol. The smallest absolute Gasteiger partial charge is 0.242 e. The SMILES string of the molecule is CN(C)CCN1CC(C)(C)CN(C)C(=O)C1CO. The van der Waals surface area contributed by atoms with Gasteiger partial charge in [0, 0.05) is 33.2 Å². The number of amides is 1. The van der Waals surface area contributed by atoms with Crippen molar-refractivity contribution in [1.82, 2.24) is 14.7 Å². The standard InChI is InChI=1S/C13H27N3O2/c1-13(2)9-15(5)12(18)11(8-17)16(10-13)7-6-14(3)4/h11,17H,6-10H2,1-5H3. The van der Waals surface area contributed by atoms with Gasteiger partial charge < -0.3 is 14.9 Å². The summed E-state index contributed by atoms with van der Waals surface area (Å²) in [5.41, 5.74) is 0.0562. The van der Waals surface area contributed by atoms with Crippen LogP contribution in [0.2, 0.25) is 0 Å². The van der Waals surface area contributed by atoms with Gasteiger partial charge in [0.05, 0.1) is 6.61 Å². The second kappa shape index (κ2) is 5.99. The Labute approximate surface area is 110 Å². The molecule has 1 fully saturated rings. The first kappa shape index (κ1) is 15.4. The van der Waals surface area contributed by atoms with E-state index in [4.69, 9.17) is 0 Å². The van der Waals surface area contributed by atoms with Crippen molar-refractivity contribution in [2.24, 2.45) is 5.41 Å². The Morgan fingerprint density at radius 2 is 2.00 bits per heavy atom. The molecule has 106 valence electrons. The van der Waals surface area contributed by atoms with E-state index in [1.165, 1.54) is 0 Å². The normalized spacial score (nSPS) is 25.6. The summed E-state index contributed by atoms with van der Waals surface area (Å²) in [6.45, 7) is 7.50. The molecule has 0 aliphatic carbocycles. The maximum absolute atomic E-state index is 12.2. The number of hydrogen-bond acceptors (Lipinski definition) is 4. The van der Waals surface area contributed by atoms with Gasteiger partial charge in [0.2, 0.25) is 5.91 Å². The van der Waals surface area contributed by atoms with Crippen LogP contribution < -0.4 is 0 Å². The van der Waals surface area contributed by atoms with Crippen molar-refractivity contribution >= 4 is 5.91 Å². The first-order valence-electron chi connectivity index (χ1n) is 6.51. The Hall–Kier alpha value is -0.650. The monoisotopic (exact) mass is 257 g/mol. The van der Waals surface area contributed by atoms with Crippen LogP contribution >= 0.6 is 0 Å². The summed E-state index contributed by atoms with van der Waals surface area (Å²) in [6, 6.07) is -0.392. The molecule has 1 heterocycles. The first-order chi connectivity index (χ1) is 8.26. The van der Waals surface area contributed by atoms with Crippen LogP contribution in [0.15, 0.2) is 0 Å². The quantitative estimate of drug-likeness (QED) is 0.752. The minimum Gasteiger partial charge on any atom is -0.394 e. The zero-order valence-electron chi connectivity index (χ0n) is 12.3. The molecular formula is C13H27N3O2. The topological polar surface area (TPSA) is 47.0 Å². The fourth-order valence-electron chi connectivity index (χ4n) is 2.60. The fourth-order valence-corrected chi connectivity index (χ4v) is 2.60. The van der Waals surface area contributed by atoms with Gasteiger partial charge in [-0.3, -0.25) is 9.69 Å². The summed E-state index contributed by atoms with van der Waals surface area (Å²) in [6.07, 6.45) is 0. The molecule has 0 aromatic heterocycles. The fraction of sp³-hybridized carbons (Fsp3) is 0.923. The Morgan fingerprint density at radius 1 is 1.39 bits per heavy atom. The zero-order chi connectivity index (χ0) is 13.9. The van der Waals surface area contributed by atoms with Crippen LogP contribution in [0.4, 0.5) is 0 Å². The van der Waals surface area contributed by atoms with E-state index in [1.54, 1.807) is 4.90 Å². The average Bonchev–Trinajstić information content (AvgIpc) is 2.32. The predicted octanol–water partition coefficient (Wildman–Crippen LogP) is -0.291. The van der Waals surface area contributed by atoms with Crippen molar-refractivity contribution in [3.8, 4) is 0 Å². The van der Waals surface area contributed by atoms with Gasteiger partial charge in [-0.25, -0.2) is 0 Å². The molecule has 1 aliphatic rings. The average molecular weight is 257 g/mol. The predicted molar refractivity (Wildman–Crippen MR) is 72.4 cm³/mol. The van der Waals surface area contributed by atoms with Gasteiger partial charge >= 0.3 is 0 Å². The number of carbonyl (C=O) groups excluding carboxylic acids is 1. The van der Waals surface area contributed by atoms with Gasteiger partial charge in [0.1, 0.15) is 6.04 Å². The molecule has 18 heavy (non-hydrogen) atoms. The molecule has 0 saturated carbocycles. The highest BCUT2D eigenvalue weighted by Crippen LogP contribution is 2.24. The molecule has 0 aromatic carbocycles. The number of nitrogens with zero attached hydrogens (tertiary/aromatic N) is 3. The molecule has 5 heteroatoms. The lowest BCUT2D eigenvalue weighted by Gasteiger charge is -2.32. The largest absolute Gasteiger partial charge is 0.394 e. The van der Waals surface area contributed by atoms with Gasteiger partial charge in [-0.05, 0) is 19.5 Å². The lowest BCUT2D eigenvalue weighted by molar-refractivity contribution is -0.135. The van der Waals surface area contributed by atoms with Crippen molar-refractivity contribution in [2.75, 3.05) is 53.9 Å². The van der Waals surface area contributed by atoms with E-state index in [0.29, 0.717) is 0 Å². The number of hydrogen-bond donors (Lipinski definition) is 1. The maximum Gasteiger partial charge on any atom is 0.242 e.